The van der Waals surface area contributed by atoms with E-state index in [1.807, 2.05) is 13.1 Å². The molecule has 0 atom stereocenters. The van der Waals surface area contributed by atoms with Crippen LogP contribution in [-0.2, 0) is 13.5 Å². The number of nitrogen functional groups attached to an aromatic ring is 1. The van der Waals surface area contributed by atoms with Crippen LogP contribution in [0.2, 0.25) is 0 Å². The van der Waals surface area contributed by atoms with E-state index in [2.05, 4.69) is 20.4 Å². The van der Waals surface area contributed by atoms with Gasteiger partial charge in [0.2, 0.25) is 0 Å². The summed E-state index contributed by atoms with van der Waals surface area (Å²) in [6, 6.07) is 5.86. The molecule has 0 aliphatic rings. The van der Waals surface area contributed by atoms with Crippen LogP contribution in [0.1, 0.15) is 5.82 Å². The second kappa shape index (κ2) is 4.60. The van der Waals surface area contributed by atoms with Gasteiger partial charge in [0.25, 0.3) is 6.01 Å². The highest BCUT2D eigenvalue weighted by atomic mass is 16.4. The van der Waals surface area contributed by atoms with Crippen molar-refractivity contribution in [3.05, 3.63) is 30.4 Å². The molecular formula is C12H14N6O. The number of nitrogens with zero attached hydrogens (tertiary/aromatic N) is 4. The molecule has 0 saturated heterocycles. The molecule has 0 radical (unpaired) electrons. The lowest BCUT2D eigenvalue weighted by molar-refractivity contribution is 0.613. The van der Waals surface area contributed by atoms with Crippen LogP contribution >= 0.6 is 0 Å². The number of nitrogens with two attached hydrogens (primary N) is 1. The number of hydrogen-bond acceptors (Lipinski definition) is 6. The van der Waals surface area contributed by atoms with E-state index < -0.39 is 0 Å². The lowest BCUT2D eigenvalue weighted by Gasteiger charge is -1.97. The fourth-order valence-corrected chi connectivity index (χ4v) is 1.80. The van der Waals surface area contributed by atoms with Crippen molar-refractivity contribution in [1.29, 1.82) is 0 Å². The van der Waals surface area contributed by atoms with Crippen molar-refractivity contribution in [2.24, 2.45) is 7.05 Å². The third-order valence-corrected chi connectivity index (χ3v) is 2.68. The van der Waals surface area contributed by atoms with E-state index in [1.165, 1.54) is 0 Å². The summed E-state index contributed by atoms with van der Waals surface area (Å²) >= 11 is 0. The summed E-state index contributed by atoms with van der Waals surface area (Å²) < 4.78 is 7.22. The summed E-state index contributed by atoms with van der Waals surface area (Å²) in [7, 11) is 1.84. The standard InChI is InChI=1S/C12H14N6O/c1-18-7-15-11(17-18)4-5-14-12-16-9-6-8(13)2-3-10(9)19-12/h2-3,6-7H,4-5,13H2,1H3,(H,14,16). The van der Waals surface area contributed by atoms with Crippen molar-refractivity contribution in [2.75, 3.05) is 17.6 Å². The lowest BCUT2D eigenvalue weighted by Crippen LogP contribution is -2.06. The Labute approximate surface area is 109 Å². The second-order valence-corrected chi connectivity index (χ2v) is 4.26. The van der Waals surface area contributed by atoms with Gasteiger partial charge in [-0.2, -0.15) is 10.1 Å². The minimum Gasteiger partial charge on any atom is -0.424 e. The van der Waals surface area contributed by atoms with Gasteiger partial charge in [0.05, 0.1) is 0 Å². The van der Waals surface area contributed by atoms with E-state index in [4.69, 9.17) is 10.2 Å². The van der Waals surface area contributed by atoms with Gasteiger partial charge in [0.15, 0.2) is 11.4 Å². The van der Waals surface area contributed by atoms with Crippen LogP contribution in [0.4, 0.5) is 11.7 Å². The molecule has 7 heteroatoms. The molecule has 2 heterocycles. The van der Waals surface area contributed by atoms with Crippen LogP contribution in [0.25, 0.3) is 11.1 Å². The maximum Gasteiger partial charge on any atom is 0.295 e. The average molecular weight is 258 g/mol. The second-order valence-electron chi connectivity index (χ2n) is 4.26. The molecule has 7 nitrogen and oxygen atoms in total. The molecule has 3 rings (SSSR count). The molecule has 0 spiro atoms. The van der Waals surface area contributed by atoms with Crippen LogP contribution in [0.3, 0.4) is 0 Å². The maximum atomic E-state index is 5.69. The molecule has 0 fully saturated rings. The molecule has 3 N–H and O–H groups in total. The number of aromatic nitrogens is 4. The van der Waals surface area contributed by atoms with E-state index in [0.29, 0.717) is 30.3 Å². The molecule has 1 aromatic carbocycles. The lowest BCUT2D eigenvalue weighted by atomic mass is 10.3. The Morgan fingerprint density at radius 1 is 1.42 bits per heavy atom. The summed E-state index contributed by atoms with van der Waals surface area (Å²) in [5.74, 6) is 0.787. The van der Waals surface area contributed by atoms with Gasteiger partial charge in [-0.1, -0.05) is 0 Å². The first-order chi connectivity index (χ1) is 9.20. The Bertz CT molecular complexity index is 701. The van der Waals surface area contributed by atoms with Gasteiger partial charge < -0.3 is 15.5 Å². The Morgan fingerprint density at radius 3 is 3.11 bits per heavy atom. The van der Waals surface area contributed by atoms with Crippen molar-refractivity contribution < 1.29 is 4.42 Å². The van der Waals surface area contributed by atoms with E-state index in [0.717, 1.165) is 11.3 Å². The predicted molar refractivity (Wildman–Crippen MR) is 71.6 cm³/mol. The van der Waals surface area contributed by atoms with Crippen LogP contribution in [0.15, 0.2) is 28.9 Å². The van der Waals surface area contributed by atoms with Crippen LogP contribution in [0.5, 0.6) is 0 Å². The summed E-state index contributed by atoms with van der Waals surface area (Å²) in [6.45, 7) is 0.659. The third-order valence-electron chi connectivity index (χ3n) is 2.68. The molecule has 98 valence electrons. The van der Waals surface area contributed by atoms with Crippen molar-refractivity contribution in [3.8, 4) is 0 Å². The van der Waals surface area contributed by atoms with E-state index in [1.54, 1.807) is 23.1 Å². The van der Waals surface area contributed by atoms with E-state index in [9.17, 15) is 0 Å². The number of hydrogen-bond donors (Lipinski definition) is 2. The normalized spacial score (nSPS) is 11.0. The Balaban J connectivity index is 1.65. The fourth-order valence-electron chi connectivity index (χ4n) is 1.80. The number of oxazole rings is 1. The molecule has 0 aliphatic heterocycles. The molecular weight excluding hydrogens is 244 g/mol. The molecule has 2 aromatic heterocycles. The SMILES string of the molecule is Cn1cnc(CCNc2nc3cc(N)ccc3o2)n1. The van der Waals surface area contributed by atoms with Crippen LogP contribution in [-0.4, -0.2) is 26.3 Å². The van der Waals surface area contributed by atoms with Gasteiger partial charge in [-0.05, 0) is 18.2 Å². The van der Waals surface area contributed by atoms with Crippen molar-refractivity contribution in [3.63, 3.8) is 0 Å². The number of rotatable bonds is 4. The van der Waals surface area contributed by atoms with Crippen molar-refractivity contribution in [2.45, 2.75) is 6.42 Å². The zero-order chi connectivity index (χ0) is 13.2. The highest BCUT2D eigenvalue weighted by molar-refractivity contribution is 5.78. The quantitative estimate of drug-likeness (QED) is 0.683. The number of nitrogens with one attached hydrogen (secondary N) is 1. The Morgan fingerprint density at radius 2 is 2.32 bits per heavy atom. The molecule has 0 unspecified atom stereocenters. The molecule has 0 bridgehead atoms. The number of anilines is 2. The third kappa shape index (κ3) is 2.49. The van der Waals surface area contributed by atoms with Gasteiger partial charge in [0, 0.05) is 25.7 Å². The van der Waals surface area contributed by atoms with Crippen LogP contribution < -0.4 is 11.1 Å². The first kappa shape index (κ1) is 11.5. The van der Waals surface area contributed by atoms with Crippen molar-refractivity contribution in [1.82, 2.24) is 19.7 Å². The molecule has 0 saturated carbocycles. The Hall–Kier alpha value is -2.57. The summed E-state index contributed by atoms with van der Waals surface area (Å²) in [6.07, 6.45) is 2.39. The monoisotopic (exact) mass is 258 g/mol. The summed E-state index contributed by atoms with van der Waals surface area (Å²) in [4.78, 5) is 8.45. The molecule has 0 amide bonds. The highest BCUT2D eigenvalue weighted by Gasteiger charge is 2.06. The Kier molecular flexibility index (Phi) is 2.79. The number of benzene rings is 1. The smallest absolute Gasteiger partial charge is 0.295 e. The minimum absolute atomic E-state index is 0.483. The summed E-state index contributed by atoms with van der Waals surface area (Å²) in [5.41, 5.74) is 7.83. The molecule has 19 heavy (non-hydrogen) atoms. The predicted octanol–water partition coefficient (Wildman–Crippen LogP) is 1.19. The zero-order valence-electron chi connectivity index (χ0n) is 10.5. The zero-order valence-corrected chi connectivity index (χ0v) is 10.5. The average Bonchev–Trinajstić information content (AvgIpc) is 2.95. The van der Waals surface area contributed by atoms with Gasteiger partial charge in [-0.15, -0.1) is 0 Å². The number of fused-ring (bicyclic) bond motifs is 1. The van der Waals surface area contributed by atoms with Gasteiger partial charge >= 0.3 is 0 Å². The number of aryl methyl sites for hydroxylation is 1. The van der Waals surface area contributed by atoms with Gasteiger partial charge in [-0.25, -0.2) is 4.98 Å². The molecule has 3 aromatic rings. The van der Waals surface area contributed by atoms with E-state index in [-0.39, 0.29) is 0 Å². The highest BCUT2D eigenvalue weighted by Crippen LogP contribution is 2.20. The van der Waals surface area contributed by atoms with Crippen LogP contribution in [0, 0.1) is 0 Å². The minimum atomic E-state index is 0.483. The molecule has 0 aliphatic carbocycles. The topological polar surface area (TPSA) is 94.8 Å². The largest absolute Gasteiger partial charge is 0.424 e. The van der Waals surface area contributed by atoms with Gasteiger partial charge in [0.1, 0.15) is 11.8 Å². The first-order valence-corrected chi connectivity index (χ1v) is 5.95. The maximum absolute atomic E-state index is 5.69. The van der Waals surface area contributed by atoms with Gasteiger partial charge in [-0.3, -0.25) is 4.68 Å². The van der Waals surface area contributed by atoms with E-state index >= 15 is 0 Å². The first-order valence-electron chi connectivity index (χ1n) is 5.95. The fraction of sp³-hybridized carbons (Fsp3) is 0.250. The van der Waals surface area contributed by atoms with Crippen molar-refractivity contribution >= 4 is 22.8 Å². The summed E-state index contributed by atoms with van der Waals surface area (Å²) in [5, 5.41) is 7.30.